The first-order valence-corrected chi connectivity index (χ1v) is 5.95. The van der Waals surface area contributed by atoms with E-state index in [4.69, 9.17) is 9.84 Å². The number of amides is 1. The van der Waals surface area contributed by atoms with Crippen LogP contribution in [-0.2, 0) is 14.3 Å². The van der Waals surface area contributed by atoms with Gasteiger partial charge in [-0.05, 0) is 19.3 Å². The molecule has 0 heterocycles. The Kier molecular flexibility index (Phi) is 6.32. The molecule has 0 bridgehead atoms. The standard InChI is InChI=1S/C12H19NO4/c14-11(13-8-12(15)16)9-17-10-6-4-2-1-3-5-7-10/h4,6,10H,1-3,5,7-9H2,(H,13,14)(H,15,16)/b6-4-. The van der Waals surface area contributed by atoms with Crippen molar-refractivity contribution in [3.05, 3.63) is 12.2 Å². The fourth-order valence-electron chi connectivity index (χ4n) is 1.68. The van der Waals surface area contributed by atoms with Gasteiger partial charge in [0.05, 0.1) is 6.10 Å². The average molecular weight is 241 g/mol. The summed E-state index contributed by atoms with van der Waals surface area (Å²) in [5.74, 6) is -1.44. The average Bonchev–Trinajstić information content (AvgIpc) is 2.24. The highest BCUT2D eigenvalue weighted by atomic mass is 16.5. The van der Waals surface area contributed by atoms with Crippen molar-refractivity contribution in [2.24, 2.45) is 0 Å². The van der Waals surface area contributed by atoms with Crippen molar-refractivity contribution in [1.82, 2.24) is 5.32 Å². The number of hydrogen-bond donors (Lipinski definition) is 2. The Bertz CT molecular complexity index is 288. The highest BCUT2D eigenvalue weighted by molar-refractivity contribution is 5.81. The Hall–Kier alpha value is -1.36. The molecule has 0 radical (unpaired) electrons. The van der Waals surface area contributed by atoms with Crippen LogP contribution < -0.4 is 5.32 Å². The predicted octanol–water partition coefficient (Wildman–Crippen LogP) is 1.09. The Labute approximate surface area is 101 Å². The molecule has 1 unspecified atom stereocenters. The maximum absolute atomic E-state index is 11.2. The van der Waals surface area contributed by atoms with E-state index < -0.39 is 5.97 Å². The number of aliphatic carboxylic acids is 1. The molecule has 0 saturated carbocycles. The molecule has 0 aromatic carbocycles. The molecule has 17 heavy (non-hydrogen) atoms. The van der Waals surface area contributed by atoms with Crippen molar-refractivity contribution in [2.45, 2.75) is 38.2 Å². The number of nitrogens with one attached hydrogen (secondary N) is 1. The number of rotatable bonds is 5. The number of allylic oxidation sites excluding steroid dienone is 1. The number of ether oxygens (including phenoxy) is 1. The molecule has 1 atom stereocenters. The summed E-state index contributed by atoms with van der Waals surface area (Å²) in [6.45, 7) is -0.439. The molecule has 5 nitrogen and oxygen atoms in total. The van der Waals surface area contributed by atoms with Gasteiger partial charge in [-0.25, -0.2) is 0 Å². The van der Waals surface area contributed by atoms with Crippen LogP contribution in [-0.4, -0.2) is 36.2 Å². The van der Waals surface area contributed by atoms with E-state index in [2.05, 4.69) is 11.4 Å². The summed E-state index contributed by atoms with van der Waals surface area (Å²) in [5, 5.41) is 10.6. The summed E-state index contributed by atoms with van der Waals surface area (Å²) in [5.41, 5.74) is 0. The van der Waals surface area contributed by atoms with E-state index in [0.717, 1.165) is 19.3 Å². The van der Waals surface area contributed by atoms with Gasteiger partial charge in [-0.15, -0.1) is 0 Å². The molecule has 1 rings (SSSR count). The predicted molar refractivity (Wildman–Crippen MR) is 62.6 cm³/mol. The third kappa shape index (κ3) is 6.73. The first-order valence-electron chi connectivity index (χ1n) is 5.95. The molecule has 1 aliphatic rings. The minimum absolute atomic E-state index is 0.0223. The second-order valence-electron chi connectivity index (χ2n) is 4.09. The van der Waals surface area contributed by atoms with Crippen LogP contribution in [0.2, 0.25) is 0 Å². The van der Waals surface area contributed by atoms with Crippen LogP contribution in [0.15, 0.2) is 12.2 Å². The van der Waals surface area contributed by atoms with Gasteiger partial charge >= 0.3 is 5.97 Å². The highest BCUT2D eigenvalue weighted by Crippen LogP contribution is 2.13. The third-order valence-corrected chi connectivity index (χ3v) is 2.58. The molecular weight excluding hydrogens is 222 g/mol. The van der Waals surface area contributed by atoms with Crippen molar-refractivity contribution in [2.75, 3.05) is 13.2 Å². The smallest absolute Gasteiger partial charge is 0.322 e. The van der Waals surface area contributed by atoms with Gasteiger partial charge in [0.2, 0.25) is 5.91 Å². The molecule has 0 aromatic heterocycles. The number of carboxylic acid groups (broad SMARTS) is 1. The number of hydrogen-bond acceptors (Lipinski definition) is 3. The monoisotopic (exact) mass is 241 g/mol. The van der Waals surface area contributed by atoms with Crippen molar-refractivity contribution < 1.29 is 19.4 Å². The molecule has 5 heteroatoms. The summed E-state index contributed by atoms with van der Waals surface area (Å²) in [4.78, 5) is 21.4. The van der Waals surface area contributed by atoms with Crippen molar-refractivity contribution in [1.29, 1.82) is 0 Å². The van der Waals surface area contributed by atoms with Gasteiger partial charge in [0.25, 0.3) is 0 Å². The fraction of sp³-hybridized carbons (Fsp3) is 0.667. The second kappa shape index (κ2) is 7.84. The molecule has 0 fully saturated rings. The maximum atomic E-state index is 11.2. The topological polar surface area (TPSA) is 75.6 Å². The van der Waals surface area contributed by atoms with E-state index in [1.54, 1.807) is 0 Å². The Morgan fingerprint density at radius 3 is 2.94 bits per heavy atom. The lowest BCUT2D eigenvalue weighted by molar-refractivity contribution is -0.138. The number of carbonyl (C=O) groups is 2. The quantitative estimate of drug-likeness (QED) is 0.706. The van der Waals surface area contributed by atoms with Crippen LogP contribution in [0.1, 0.15) is 32.1 Å². The normalized spacial score (nSPS) is 22.2. The Morgan fingerprint density at radius 2 is 2.18 bits per heavy atom. The third-order valence-electron chi connectivity index (χ3n) is 2.58. The van der Waals surface area contributed by atoms with Crippen LogP contribution in [0.3, 0.4) is 0 Å². The van der Waals surface area contributed by atoms with Crippen molar-refractivity contribution in [3.63, 3.8) is 0 Å². The molecule has 0 spiro atoms. The fourth-order valence-corrected chi connectivity index (χ4v) is 1.68. The molecule has 0 saturated heterocycles. The molecule has 0 aliphatic heterocycles. The van der Waals surface area contributed by atoms with Gasteiger partial charge in [0, 0.05) is 0 Å². The molecule has 1 aliphatic carbocycles. The van der Waals surface area contributed by atoms with E-state index in [0.29, 0.717) is 0 Å². The van der Waals surface area contributed by atoms with Crippen LogP contribution in [0, 0.1) is 0 Å². The molecule has 1 amide bonds. The van der Waals surface area contributed by atoms with Crippen LogP contribution in [0.5, 0.6) is 0 Å². The summed E-state index contributed by atoms with van der Waals surface area (Å²) in [7, 11) is 0. The van der Waals surface area contributed by atoms with Crippen LogP contribution in [0.4, 0.5) is 0 Å². The first-order chi connectivity index (χ1) is 8.18. The van der Waals surface area contributed by atoms with Gasteiger partial charge in [0.15, 0.2) is 0 Å². The Morgan fingerprint density at radius 1 is 1.35 bits per heavy atom. The lowest BCUT2D eigenvalue weighted by atomic mass is 10.0. The number of carboxylic acids is 1. The largest absolute Gasteiger partial charge is 0.480 e. The lowest BCUT2D eigenvalue weighted by Gasteiger charge is -2.15. The summed E-state index contributed by atoms with van der Waals surface area (Å²) >= 11 is 0. The van der Waals surface area contributed by atoms with E-state index >= 15 is 0 Å². The molecule has 2 N–H and O–H groups in total. The van der Waals surface area contributed by atoms with Crippen molar-refractivity contribution in [3.8, 4) is 0 Å². The van der Waals surface area contributed by atoms with Crippen LogP contribution in [0.25, 0.3) is 0 Å². The SMILES string of the molecule is O=C(O)CNC(=O)COC1/C=C\CCCCC1. The number of carbonyl (C=O) groups excluding carboxylic acids is 1. The molecular formula is C12H19NO4. The summed E-state index contributed by atoms with van der Waals surface area (Å²) in [6, 6.07) is 0. The zero-order chi connectivity index (χ0) is 12.5. The summed E-state index contributed by atoms with van der Waals surface area (Å²) in [6.07, 6.45) is 9.53. The second-order valence-corrected chi connectivity index (χ2v) is 4.09. The Balaban J connectivity index is 2.21. The van der Waals surface area contributed by atoms with Crippen LogP contribution >= 0.6 is 0 Å². The van der Waals surface area contributed by atoms with Gasteiger partial charge in [-0.3, -0.25) is 9.59 Å². The molecule has 0 aromatic rings. The van der Waals surface area contributed by atoms with E-state index in [1.807, 2.05) is 6.08 Å². The van der Waals surface area contributed by atoms with E-state index in [-0.39, 0.29) is 25.2 Å². The first kappa shape index (κ1) is 13.7. The molecule has 96 valence electrons. The van der Waals surface area contributed by atoms with Gasteiger partial charge in [0.1, 0.15) is 13.2 Å². The lowest BCUT2D eigenvalue weighted by Crippen LogP contribution is -2.33. The zero-order valence-corrected chi connectivity index (χ0v) is 9.85. The van der Waals surface area contributed by atoms with E-state index in [1.165, 1.54) is 12.8 Å². The van der Waals surface area contributed by atoms with E-state index in [9.17, 15) is 9.59 Å². The maximum Gasteiger partial charge on any atom is 0.322 e. The van der Waals surface area contributed by atoms with Gasteiger partial charge < -0.3 is 15.2 Å². The zero-order valence-electron chi connectivity index (χ0n) is 9.85. The van der Waals surface area contributed by atoms with Crippen molar-refractivity contribution >= 4 is 11.9 Å². The minimum atomic E-state index is -1.05. The highest BCUT2D eigenvalue weighted by Gasteiger charge is 2.10. The van der Waals surface area contributed by atoms with Gasteiger partial charge in [-0.1, -0.05) is 25.0 Å². The minimum Gasteiger partial charge on any atom is -0.480 e. The summed E-state index contributed by atoms with van der Waals surface area (Å²) < 4.78 is 5.42. The van der Waals surface area contributed by atoms with Gasteiger partial charge in [-0.2, -0.15) is 0 Å².